The molecule has 0 bridgehead atoms. The number of carboxylic acids is 2. The van der Waals surface area contributed by atoms with Gasteiger partial charge in [0.2, 0.25) is 23.4 Å². The van der Waals surface area contributed by atoms with Crippen LogP contribution in [0.15, 0.2) is 12.3 Å². The summed E-state index contributed by atoms with van der Waals surface area (Å²) < 4.78 is 0. The maximum atomic E-state index is 12.5. The molecule has 0 spiro atoms. The molecule has 184 valence electrons. The van der Waals surface area contributed by atoms with Crippen molar-refractivity contribution >= 4 is 52.0 Å². The van der Waals surface area contributed by atoms with Gasteiger partial charge in [-0.3, -0.25) is 28.8 Å². The predicted molar refractivity (Wildman–Crippen MR) is 121 cm³/mol. The molecule has 13 nitrogen and oxygen atoms in total. The number of ketones is 2. The summed E-state index contributed by atoms with van der Waals surface area (Å²) in [6.07, 6.45) is 2.62. The summed E-state index contributed by atoms with van der Waals surface area (Å²) in [5, 5.41) is 22.2. The van der Waals surface area contributed by atoms with Crippen molar-refractivity contribution in [3.63, 3.8) is 0 Å². The molecule has 2 amide bonds. The van der Waals surface area contributed by atoms with Crippen LogP contribution >= 0.6 is 11.8 Å². The molecule has 1 aromatic heterocycles. The van der Waals surface area contributed by atoms with Gasteiger partial charge in [-0.25, -0.2) is 0 Å². The second-order valence-electron chi connectivity index (χ2n) is 7.33. The van der Waals surface area contributed by atoms with Crippen LogP contribution in [0.4, 0.5) is 0 Å². The summed E-state index contributed by atoms with van der Waals surface area (Å²) in [5.41, 5.74) is 12.1. The van der Waals surface area contributed by atoms with E-state index in [2.05, 4.69) is 15.6 Å². The number of aliphatic carboxylic acids is 2. The molecule has 0 aliphatic heterocycles. The van der Waals surface area contributed by atoms with Gasteiger partial charge in [-0.2, -0.15) is 0 Å². The highest BCUT2D eigenvalue weighted by atomic mass is 32.2. The maximum absolute atomic E-state index is 12.5. The molecule has 2 rings (SSSR count). The summed E-state index contributed by atoms with van der Waals surface area (Å²) in [7, 11) is 0. The van der Waals surface area contributed by atoms with E-state index in [0.717, 1.165) is 17.8 Å². The lowest BCUT2D eigenvalue weighted by molar-refractivity contribution is -0.139. The second kappa shape index (κ2) is 12.1. The molecule has 1 aliphatic carbocycles. The van der Waals surface area contributed by atoms with Crippen LogP contribution in [0, 0.1) is 0 Å². The maximum Gasteiger partial charge on any atom is 0.322 e. The molecule has 0 aromatic carbocycles. The van der Waals surface area contributed by atoms with Crippen molar-refractivity contribution in [3.05, 3.63) is 29.1 Å². The lowest BCUT2D eigenvalue weighted by Gasteiger charge is -2.20. The number of nitrogens with one attached hydrogen (secondary N) is 3. The number of carbonyl (C=O) groups is 6. The number of thioether (sulfide) groups is 1. The van der Waals surface area contributed by atoms with Crippen LogP contribution in [0.1, 0.15) is 34.5 Å². The minimum Gasteiger partial charge on any atom is -0.480 e. The molecule has 2 atom stereocenters. The zero-order chi connectivity index (χ0) is 25.4. The highest BCUT2D eigenvalue weighted by Gasteiger charge is 2.31. The van der Waals surface area contributed by atoms with Gasteiger partial charge in [0.1, 0.15) is 18.6 Å². The van der Waals surface area contributed by atoms with Crippen LogP contribution in [0.5, 0.6) is 0 Å². The van der Waals surface area contributed by atoms with Crippen LogP contribution in [-0.2, 0) is 30.4 Å². The molecule has 9 N–H and O–H groups in total. The van der Waals surface area contributed by atoms with Crippen molar-refractivity contribution in [2.75, 3.05) is 18.8 Å². The first-order valence-corrected chi connectivity index (χ1v) is 11.1. The smallest absolute Gasteiger partial charge is 0.322 e. The van der Waals surface area contributed by atoms with Gasteiger partial charge in [0.05, 0.1) is 11.3 Å². The first-order chi connectivity index (χ1) is 16.0. The van der Waals surface area contributed by atoms with Gasteiger partial charge in [-0.1, -0.05) is 0 Å². The number of fused-ring (bicyclic) bond motifs is 1. The number of aromatic nitrogens is 1. The van der Waals surface area contributed by atoms with Crippen LogP contribution in [0.2, 0.25) is 0 Å². The molecular formula is C20H25N5O8S. The van der Waals surface area contributed by atoms with Crippen LogP contribution in [-0.4, -0.2) is 81.4 Å². The molecule has 1 aliphatic rings. The fourth-order valence-corrected chi connectivity index (χ4v) is 4.16. The number of hydrogen-bond acceptors (Lipinski definition) is 9. The first kappa shape index (κ1) is 26.8. The Bertz CT molecular complexity index is 1030. The minimum atomic E-state index is -1.29. The molecule has 0 fully saturated rings. The van der Waals surface area contributed by atoms with E-state index in [9.17, 15) is 28.8 Å². The van der Waals surface area contributed by atoms with Gasteiger partial charge in [0.25, 0.3) is 0 Å². The molecule has 0 unspecified atom stereocenters. The summed E-state index contributed by atoms with van der Waals surface area (Å²) >= 11 is 1.00. The Balaban J connectivity index is 2.15. The number of amides is 2. The van der Waals surface area contributed by atoms with Crippen molar-refractivity contribution in [1.29, 1.82) is 0 Å². The normalized spacial score (nSPS) is 14.6. The van der Waals surface area contributed by atoms with E-state index in [4.69, 9.17) is 21.7 Å². The highest BCUT2D eigenvalue weighted by molar-refractivity contribution is 8.08. The number of carboxylic acid groups (broad SMARTS) is 2. The average molecular weight is 496 g/mol. The fraction of sp³-hybridized carbons (Fsp3) is 0.400. The Hall–Kier alpha value is -3.49. The Morgan fingerprint density at radius 3 is 2.50 bits per heavy atom. The van der Waals surface area contributed by atoms with E-state index in [1.807, 2.05) is 0 Å². The SMILES string of the molecule is NCCc1c[nH]c2c1C(=O)C(=O)C=C2SC[C@H](NC(=O)CC[C@H](N)C(=O)O)C(=O)NCC(=O)O. The average Bonchev–Trinajstić information content (AvgIpc) is 3.20. The molecular weight excluding hydrogens is 470 g/mol. The Labute approximate surface area is 197 Å². The zero-order valence-electron chi connectivity index (χ0n) is 18.0. The largest absolute Gasteiger partial charge is 0.480 e. The van der Waals surface area contributed by atoms with E-state index in [1.54, 1.807) is 6.20 Å². The Kier molecular flexibility index (Phi) is 9.53. The van der Waals surface area contributed by atoms with Gasteiger partial charge in [-0.15, -0.1) is 11.8 Å². The Morgan fingerprint density at radius 1 is 1.18 bits per heavy atom. The van der Waals surface area contributed by atoms with Crippen LogP contribution < -0.4 is 22.1 Å². The van der Waals surface area contributed by atoms with E-state index < -0.39 is 53.9 Å². The van der Waals surface area contributed by atoms with Gasteiger partial charge >= 0.3 is 11.9 Å². The molecule has 0 saturated carbocycles. The molecule has 14 heteroatoms. The number of Topliss-reactive ketones (excluding diaryl/α,β-unsaturated/α-hetero) is 1. The van der Waals surface area contributed by atoms with E-state index >= 15 is 0 Å². The molecule has 34 heavy (non-hydrogen) atoms. The number of hydrogen-bond donors (Lipinski definition) is 7. The second-order valence-corrected chi connectivity index (χ2v) is 8.39. The minimum absolute atomic E-state index is 0.111. The summed E-state index contributed by atoms with van der Waals surface area (Å²) in [5.74, 6) is -5.56. The monoisotopic (exact) mass is 495 g/mol. The number of nitrogens with two attached hydrogens (primary N) is 2. The lowest BCUT2D eigenvalue weighted by atomic mass is 9.96. The number of rotatable bonds is 13. The number of allylic oxidation sites excluding steroid dienone is 1. The molecule has 1 aromatic rings. The highest BCUT2D eigenvalue weighted by Crippen LogP contribution is 2.35. The van der Waals surface area contributed by atoms with E-state index in [-0.39, 0.29) is 30.7 Å². The van der Waals surface area contributed by atoms with Crippen molar-refractivity contribution in [3.8, 4) is 0 Å². The topological polar surface area (TPSA) is 235 Å². The van der Waals surface area contributed by atoms with Crippen LogP contribution in [0.25, 0.3) is 4.91 Å². The first-order valence-electron chi connectivity index (χ1n) is 10.2. The van der Waals surface area contributed by atoms with E-state index in [0.29, 0.717) is 22.6 Å². The van der Waals surface area contributed by atoms with Crippen LogP contribution in [0.3, 0.4) is 0 Å². The van der Waals surface area contributed by atoms with Crippen molar-refractivity contribution in [2.45, 2.75) is 31.3 Å². The van der Waals surface area contributed by atoms with E-state index in [1.165, 1.54) is 0 Å². The van der Waals surface area contributed by atoms with Gasteiger partial charge < -0.3 is 37.3 Å². The van der Waals surface area contributed by atoms with Crippen molar-refractivity contribution in [1.82, 2.24) is 15.6 Å². The third-order valence-corrected chi connectivity index (χ3v) is 5.94. The third kappa shape index (κ3) is 7.00. The van der Waals surface area contributed by atoms with Crippen molar-refractivity contribution < 1.29 is 39.0 Å². The number of aromatic amines is 1. The standard InChI is InChI=1S/C20H25N5O8S/c21-4-3-9-6-23-17-13(5-12(26)18(30)16(9)17)34-8-11(19(31)24-7-15(28)29)25-14(27)2-1-10(22)20(32)33/h5-6,10-11,23H,1-4,7-8,21-22H2,(H,24,31)(H,25,27)(H,28,29)(H,32,33)/t10-,11-/m0/s1. The number of H-pyrrole nitrogens is 1. The summed E-state index contributed by atoms with van der Waals surface area (Å²) in [6.45, 7) is -0.417. The van der Waals surface area contributed by atoms with Gasteiger partial charge in [-0.05, 0) is 24.9 Å². The quantitative estimate of drug-likeness (QED) is 0.151. The lowest BCUT2D eigenvalue weighted by Crippen LogP contribution is -2.49. The predicted octanol–water partition coefficient (Wildman–Crippen LogP) is -1.77. The fourth-order valence-electron chi connectivity index (χ4n) is 3.08. The van der Waals surface area contributed by atoms with Crippen molar-refractivity contribution in [2.24, 2.45) is 11.5 Å². The zero-order valence-corrected chi connectivity index (χ0v) is 18.8. The molecule has 0 radical (unpaired) electrons. The molecule has 1 heterocycles. The van der Waals surface area contributed by atoms with Gasteiger partial charge in [0, 0.05) is 29.4 Å². The number of carbonyl (C=O) groups excluding carboxylic acids is 4. The molecule has 0 saturated heterocycles. The summed E-state index contributed by atoms with van der Waals surface area (Å²) in [6, 6.07) is -2.47. The Morgan fingerprint density at radius 2 is 1.88 bits per heavy atom. The van der Waals surface area contributed by atoms with Gasteiger partial charge in [0.15, 0.2) is 0 Å². The summed E-state index contributed by atoms with van der Waals surface area (Å²) in [4.78, 5) is 74.2. The third-order valence-electron chi connectivity index (χ3n) is 4.81.